The first-order valence-electron chi connectivity index (χ1n) is 12.4. The molecule has 0 atom stereocenters. The van der Waals surface area contributed by atoms with Gasteiger partial charge in [0.15, 0.2) is 5.78 Å². The quantitative estimate of drug-likeness (QED) is 0.428. The van der Waals surface area contributed by atoms with Crippen molar-refractivity contribution < 1.29 is 24.1 Å². The first kappa shape index (κ1) is 24.3. The van der Waals surface area contributed by atoms with Crippen molar-refractivity contribution >= 4 is 27.5 Å². The normalized spacial score (nSPS) is 15.3. The van der Waals surface area contributed by atoms with Gasteiger partial charge in [-0.15, -0.1) is 0 Å². The molecule has 2 aliphatic rings. The summed E-state index contributed by atoms with van der Waals surface area (Å²) in [6.07, 6.45) is 0. The summed E-state index contributed by atoms with van der Waals surface area (Å²) >= 11 is 0. The van der Waals surface area contributed by atoms with Gasteiger partial charge in [-0.25, -0.2) is 0 Å². The number of aliphatic hydroxyl groups excluding tert-OH is 1. The molecule has 7 heteroatoms. The van der Waals surface area contributed by atoms with E-state index in [9.17, 15) is 4.79 Å². The van der Waals surface area contributed by atoms with Crippen LogP contribution in [0.25, 0.3) is 21.7 Å². The fraction of sp³-hybridized carbons (Fsp3) is 0.345. The molecule has 3 aromatic carbocycles. The average molecular weight is 489 g/mol. The minimum Gasteiger partial charge on any atom is -0.491 e. The van der Waals surface area contributed by atoms with E-state index in [1.54, 1.807) is 0 Å². The fourth-order valence-corrected chi connectivity index (χ4v) is 4.93. The predicted molar refractivity (Wildman–Crippen MR) is 140 cm³/mol. The Balaban J connectivity index is 0.000000330. The minimum absolute atomic E-state index is 0.0138. The number of carbonyl (C=O) groups excluding carboxylic acids is 1. The zero-order valence-corrected chi connectivity index (χ0v) is 20.8. The predicted octanol–water partition coefficient (Wildman–Crippen LogP) is 4.05. The number of benzene rings is 3. The number of hydrogen-bond donors (Lipinski definition) is 1. The molecule has 1 N–H and O–H groups in total. The fourth-order valence-electron chi connectivity index (χ4n) is 4.93. The maximum absolute atomic E-state index is 13.7. The number of aliphatic hydroxyl groups is 1. The molecule has 0 saturated carbocycles. The zero-order chi connectivity index (χ0) is 25.1. The monoisotopic (exact) mass is 488 g/mol. The van der Waals surface area contributed by atoms with Crippen LogP contribution in [0.2, 0.25) is 0 Å². The zero-order valence-electron chi connectivity index (χ0n) is 20.8. The van der Waals surface area contributed by atoms with Crippen LogP contribution >= 0.6 is 0 Å². The summed E-state index contributed by atoms with van der Waals surface area (Å²) < 4.78 is 18.6. The van der Waals surface area contributed by atoms with Crippen LogP contribution in [0, 0.1) is 6.92 Å². The van der Waals surface area contributed by atoms with Crippen LogP contribution in [0.4, 0.5) is 0 Å². The van der Waals surface area contributed by atoms with Gasteiger partial charge in [-0.1, -0.05) is 30.3 Å². The summed E-state index contributed by atoms with van der Waals surface area (Å²) in [5.74, 6) is 1.52. The molecule has 0 unspecified atom stereocenters. The lowest BCUT2D eigenvalue weighted by atomic mass is 9.95. The van der Waals surface area contributed by atoms with Crippen molar-refractivity contribution in [1.82, 2.24) is 9.47 Å². The first-order chi connectivity index (χ1) is 17.6. The van der Waals surface area contributed by atoms with Gasteiger partial charge < -0.3 is 28.8 Å². The highest BCUT2D eigenvalue weighted by molar-refractivity contribution is 6.22. The van der Waals surface area contributed by atoms with E-state index in [-0.39, 0.29) is 19.0 Å². The number of rotatable bonds is 5. The van der Waals surface area contributed by atoms with Crippen LogP contribution < -0.4 is 9.47 Å². The molecule has 7 nitrogen and oxygen atoms in total. The van der Waals surface area contributed by atoms with E-state index >= 15 is 0 Å². The molecule has 0 amide bonds. The van der Waals surface area contributed by atoms with Crippen molar-refractivity contribution in [3.63, 3.8) is 0 Å². The van der Waals surface area contributed by atoms with Crippen LogP contribution in [-0.2, 0) is 11.3 Å². The van der Waals surface area contributed by atoms with E-state index in [2.05, 4.69) is 16.5 Å². The van der Waals surface area contributed by atoms with E-state index in [0.29, 0.717) is 17.9 Å². The van der Waals surface area contributed by atoms with Gasteiger partial charge in [0.25, 0.3) is 0 Å². The maximum Gasteiger partial charge on any atom is 0.196 e. The second kappa shape index (κ2) is 10.7. The third-order valence-electron chi connectivity index (χ3n) is 6.80. The third-order valence-corrected chi connectivity index (χ3v) is 6.80. The summed E-state index contributed by atoms with van der Waals surface area (Å²) in [6.45, 7) is 7.59. The van der Waals surface area contributed by atoms with Crippen LogP contribution in [0.1, 0.15) is 21.6 Å². The molecule has 1 fully saturated rings. The SMILES string of the molecule is CN1CCOCC1.Cc1c(C(=O)c2cccc3cc(OCCO)ccc23)c2cccc3c2n1CCO3. The minimum atomic E-state index is -0.0361. The molecular formula is C29H32N2O5. The van der Waals surface area contributed by atoms with Crippen LogP contribution in [0.5, 0.6) is 11.5 Å². The number of ether oxygens (including phenoxy) is 3. The van der Waals surface area contributed by atoms with Crippen molar-refractivity contribution in [3.05, 3.63) is 71.4 Å². The average Bonchev–Trinajstić information content (AvgIpc) is 3.20. The van der Waals surface area contributed by atoms with Gasteiger partial charge in [0.1, 0.15) is 24.7 Å². The maximum atomic E-state index is 13.7. The number of morpholine rings is 1. The molecular weight excluding hydrogens is 456 g/mol. The van der Waals surface area contributed by atoms with Gasteiger partial charge in [-0.3, -0.25) is 4.79 Å². The third kappa shape index (κ3) is 4.69. The van der Waals surface area contributed by atoms with Crippen LogP contribution in [0.15, 0.2) is 54.6 Å². The Hall–Kier alpha value is -3.39. The lowest BCUT2D eigenvalue weighted by Gasteiger charge is -2.21. The van der Waals surface area contributed by atoms with Gasteiger partial charge in [0, 0.05) is 29.7 Å². The van der Waals surface area contributed by atoms with Gasteiger partial charge in [-0.2, -0.15) is 0 Å². The number of para-hydroxylation sites is 1. The Labute approximate surface area is 210 Å². The Morgan fingerprint density at radius 3 is 2.56 bits per heavy atom. The number of nitrogens with zero attached hydrogens (tertiary/aromatic N) is 2. The Bertz CT molecular complexity index is 1390. The standard InChI is InChI=1S/C24H21NO4.C5H11NO/c1-15-22(20-6-3-7-21-23(20)25(15)10-12-29-21)24(27)19-5-2-4-16-14-17(28-13-11-26)8-9-18(16)19;1-6-2-4-7-5-3-6/h2-9,14,26H,10-13H2,1H3;2-5H2,1H3. The second-order valence-corrected chi connectivity index (χ2v) is 9.12. The van der Waals surface area contributed by atoms with Gasteiger partial charge in [-0.05, 0) is 49.0 Å². The molecule has 36 heavy (non-hydrogen) atoms. The lowest BCUT2D eigenvalue weighted by Crippen LogP contribution is -2.32. The molecule has 2 aliphatic heterocycles. The highest BCUT2D eigenvalue weighted by atomic mass is 16.5. The largest absolute Gasteiger partial charge is 0.491 e. The van der Waals surface area contributed by atoms with Crippen LogP contribution in [0.3, 0.4) is 0 Å². The van der Waals surface area contributed by atoms with E-state index in [0.717, 1.165) is 71.5 Å². The number of carbonyl (C=O) groups is 1. The molecule has 0 bridgehead atoms. The topological polar surface area (TPSA) is 73.2 Å². The molecule has 6 rings (SSSR count). The van der Waals surface area contributed by atoms with E-state index < -0.39 is 0 Å². The van der Waals surface area contributed by atoms with Crippen molar-refractivity contribution in [2.45, 2.75) is 13.5 Å². The van der Waals surface area contributed by atoms with Gasteiger partial charge in [0.2, 0.25) is 0 Å². The first-order valence-corrected chi connectivity index (χ1v) is 12.4. The highest BCUT2D eigenvalue weighted by Gasteiger charge is 2.26. The Kier molecular flexibility index (Phi) is 7.23. The van der Waals surface area contributed by atoms with E-state index in [1.807, 2.05) is 61.5 Å². The van der Waals surface area contributed by atoms with Crippen LogP contribution in [-0.4, -0.2) is 73.5 Å². The van der Waals surface area contributed by atoms with Gasteiger partial charge in [0.05, 0.1) is 37.4 Å². The highest BCUT2D eigenvalue weighted by Crippen LogP contribution is 2.37. The van der Waals surface area contributed by atoms with Crippen molar-refractivity contribution in [2.24, 2.45) is 0 Å². The number of fused-ring (bicyclic) bond motifs is 1. The number of ketones is 1. The van der Waals surface area contributed by atoms with Crippen molar-refractivity contribution in [3.8, 4) is 11.5 Å². The van der Waals surface area contributed by atoms with Gasteiger partial charge >= 0.3 is 0 Å². The van der Waals surface area contributed by atoms with E-state index in [1.165, 1.54) is 0 Å². The number of hydrogen-bond acceptors (Lipinski definition) is 6. The smallest absolute Gasteiger partial charge is 0.196 e. The Morgan fingerprint density at radius 1 is 1.00 bits per heavy atom. The molecule has 1 aromatic heterocycles. The molecule has 0 radical (unpaired) electrons. The summed E-state index contributed by atoms with van der Waals surface area (Å²) in [4.78, 5) is 16.0. The Morgan fingerprint density at radius 2 is 1.81 bits per heavy atom. The molecule has 0 aliphatic carbocycles. The second-order valence-electron chi connectivity index (χ2n) is 9.12. The molecule has 3 heterocycles. The summed E-state index contributed by atoms with van der Waals surface area (Å²) in [5.41, 5.74) is 3.38. The summed E-state index contributed by atoms with van der Waals surface area (Å²) in [6, 6.07) is 17.3. The number of aromatic nitrogens is 1. The van der Waals surface area contributed by atoms with Crippen molar-refractivity contribution in [2.75, 3.05) is 53.2 Å². The van der Waals surface area contributed by atoms with E-state index in [4.69, 9.17) is 19.3 Å². The number of likely N-dealkylation sites (N-methyl/N-ethyl adjacent to an activating group) is 1. The van der Waals surface area contributed by atoms with Crippen molar-refractivity contribution in [1.29, 1.82) is 0 Å². The molecule has 188 valence electrons. The molecule has 4 aromatic rings. The lowest BCUT2D eigenvalue weighted by molar-refractivity contribution is 0.0503. The molecule has 1 saturated heterocycles. The summed E-state index contributed by atoms with van der Waals surface area (Å²) in [7, 11) is 2.11. The molecule has 0 spiro atoms. The summed E-state index contributed by atoms with van der Waals surface area (Å²) in [5, 5.41) is 11.7.